The van der Waals surface area contributed by atoms with Gasteiger partial charge in [0.15, 0.2) is 0 Å². The number of aromatic nitrogens is 3. The van der Waals surface area contributed by atoms with Crippen LogP contribution in [0.2, 0.25) is 0 Å². The van der Waals surface area contributed by atoms with Crippen LogP contribution in [0, 0.1) is 0 Å². The minimum atomic E-state index is -4.61. The van der Waals surface area contributed by atoms with Crippen molar-refractivity contribution in [2.75, 3.05) is 13.1 Å². The van der Waals surface area contributed by atoms with Gasteiger partial charge in [-0.2, -0.15) is 13.2 Å². The number of H-pyrrole nitrogens is 1. The minimum Gasteiger partial charge on any atom is -0.333 e. The number of imidazole rings is 1. The van der Waals surface area contributed by atoms with E-state index in [0.29, 0.717) is 13.1 Å². The Balaban J connectivity index is 1.64. The Hall–Kier alpha value is -2.68. The normalized spacial score (nSPS) is 15.0. The molecule has 1 N–H and O–H groups in total. The number of nitrogens with one attached hydrogen (secondary N) is 1. The number of fused-ring (bicyclic) bond motifs is 1. The molecule has 0 saturated carbocycles. The summed E-state index contributed by atoms with van der Waals surface area (Å²) in [5, 5.41) is 1.95. The van der Waals surface area contributed by atoms with Gasteiger partial charge in [0.25, 0.3) is 5.91 Å². The van der Waals surface area contributed by atoms with Gasteiger partial charge in [-0.05, 0) is 17.0 Å². The quantitative estimate of drug-likeness (QED) is 0.756. The van der Waals surface area contributed by atoms with Gasteiger partial charge in [0.1, 0.15) is 5.52 Å². The highest BCUT2D eigenvalue weighted by Crippen LogP contribution is 2.30. The predicted octanol–water partition coefficient (Wildman–Crippen LogP) is 3.58. The van der Waals surface area contributed by atoms with Crippen LogP contribution in [0.4, 0.5) is 13.2 Å². The van der Waals surface area contributed by atoms with Crippen molar-refractivity contribution in [3.8, 4) is 0 Å². The molecule has 5 nitrogen and oxygen atoms in total. The Morgan fingerprint density at radius 1 is 1.32 bits per heavy atom. The molecule has 0 spiro atoms. The highest BCUT2D eigenvalue weighted by Gasteiger charge is 2.35. The molecule has 0 radical (unpaired) electrons. The molecule has 0 atom stereocenters. The van der Waals surface area contributed by atoms with Gasteiger partial charge in [-0.25, -0.2) is 4.98 Å². The first-order chi connectivity index (χ1) is 11.9. The van der Waals surface area contributed by atoms with Crippen molar-refractivity contribution in [2.45, 2.75) is 6.18 Å². The number of carbonyl (C=O) groups is 1. The maximum atomic E-state index is 12.9. The van der Waals surface area contributed by atoms with Crippen molar-refractivity contribution < 1.29 is 18.0 Å². The number of hydrogen-bond donors (Lipinski definition) is 1. The second kappa shape index (κ2) is 5.69. The highest BCUT2D eigenvalue weighted by molar-refractivity contribution is 7.11. The SMILES string of the molecule is O=C(c1cncc2[nH]c(C(F)(F)F)nc12)N1CC=C(c2cccs2)C1. The molecule has 1 amide bonds. The number of hydrogen-bond acceptors (Lipinski definition) is 4. The topological polar surface area (TPSA) is 61.9 Å². The number of aromatic amines is 1. The molecule has 0 fully saturated rings. The number of nitrogens with zero attached hydrogens (tertiary/aromatic N) is 3. The zero-order chi connectivity index (χ0) is 17.6. The van der Waals surface area contributed by atoms with Gasteiger partial charge < -0.3 is 9.88 Å². The van der Waals surface area contributed by atoms with E-state index in [2.05, 4.69) is 15.0 Å². The molecule has 1 aliphatic heterocycles. The second-order valence-electron chi connectivity index (χ2n) is 5.56. The van der Waals surface area contributed by atoms with E-state index in [9.17, 15) is 18.0 Å². The number of carbonyl (C=O) groups excluding carboxylic acids is 1. The van der Waals surface area contributed by atoms with Gasteiger partial charge in [0, 0.05) is 24.2 Å². The van der Waals surface area contributed by atoms with Crippen LogP contribution in [0.25, 0.3) is 16.6 Å². The maximum Gasteiger partial charge on any atom is 0.449 e. The van der Waals surface area contributed by atoms with Gasteiger partial charge in [-0.3, -0.25) is 9.78 Å². The molecule has 128 valence electrons. The molecule has 3 aromatic rings. The Bertz CT molecular complexity index is 975. The Kier molecular flexibility index (Phi) is 3.60. The van der Waals surface area contributed by atoms with Crippen molar-refractivity contribution in [1.29, 1.82) is 0 Å². The number of amides is 1. The first-order valence-electron chi connectivity index (χ1n) is 7.36. The lowest BCUT2D eigenvalue weighted by Crippen LogP contribution is -2.29. The summed E-state index contributed by atoms with van der Waals surface area (Å²) < 4.78 is 38.6. The Morgan fingerprint density at radius 3 is 2.88 bits per heavy atom. The molecule has 4 rings (SSSR count). The monoisotopic (exact) mass is 364 g/mol. The van der Waals surface area contributed by atoms with Gasteiger partial charge in [-0.15, -0.1) is 11.3 Å². The lowest BCUT2D eigenvalue weighted by atomic mass is 10.2. The number of halogens is 3. The summed E-state index contributed by atoms with van der Waals surface area (Å²) in [6, 6.07) is 3.90. The minimum absolute atomic E-state index is 0.0168. The Morgan fingerprint density at radius 2 is 2.16 bits per heavy atom. The molecular formula is C16H11F3N4OS. The molecular weight excluding hydrogens is 353 g/mol. The van der Waals surface area contributed by atoms with Crippen LogP contribution in [-0.4, -0.2) is 38.8 Å². The van der Waals surface area contributed by atoms with Crippen molar-refractivity contribution in [2.24, 2.45) is 0 Å². The smallest absolute Gasteiger partial charge is 0.333 e. The fraction of sp³-hybridized carbons (Fsp3) is 0.188. The summed E-state index contributed by atoms with van der Waals surface area (Å²) in [7, 11) is 0. The van der Waals surface area contributed by atoms with Crippen LogP contribution < -0.4 is 0 Å². The lowest BCUT2D eigenvalue weighted by molar-refractivity contribution is -0.144. The molecule has 0 saturated heterocycles. The van der Waals surface area contributed by atoms with Gasteiger partial charge in [-0.1, -0.05) is 12.1 Å². The largest absolute Gasteiger partial charge is 0.449 e. The van der Waals surface area contributed by atoms with Crippen LogP contribution in [0.1, 0.15) is 21.1 Å². The number of alkyl halides is 3. The molecule has 3 aromatic heterocycles. The maximum absolute atomic E-state index is 12.9. The highest BCUT2D eigenvalue weighted by atomic mass is 32.1. The number of thiophene rings is 1. The van der Waals surface area contributed by atoms with E-state index in [1.807, 2.05) is 23.6 Å². The molecule has 0 bridgehead atoms. The summed E-state index contributed by atoms with van der Waals surface area (Å²) in [6.45, 7) is 0.811. The van der Waals surface area contributed by atoms with Crippen LogP contribution in [0.5, 0.6) is 0 Å². The van der Waals surface area contributed by atoms with E-state index in [1.54, 1.807) is 16.2 Å². The molecule has 4 heterocycles. The summed E-state index contributed by atoms with van der Waals surface area (Å²) in [4.78, 5) is 25.0. The molecule has 0 unspecified atom stereocenters. The lowest BCUT2D eigenvalue weighted by Gasteiger charge is -2.16. The zero-order valence-electron chi connectivity index (χ0n) is 12.7. The van der Waals surface area contributed by atoms with E-state index in [1.165, 1.54) is 12.4 Å². The van der Waals surface area contributed by atoms with Gasteiger partial charge in [0.2, 0.25) is 5.82 Å². The predicted molar refractivity (Wildman–Crippen MR) is 87.1 cm³/mol. The first kappa shape index (κ1) is 15.8. The zero-order valence-corrected chi connectivity index (χ0v) is 13.5. The molecule has 0 aromatic carbocycles. The average Bonchev–Trinajstić information content (AvgIpc) is 3.30. The van der Waals surface area contributed by atoms with Crippen molar-refractivity contribution in [3.05, 3.63) is 52.2 Å². The van der Waals surface area contributed by atoms with Gasteiger partial charge in [0.05, 0.1) is 17.3 Å². The molecule has 25 heavy (non-hydrogen) atoms. The summed E-state index contributed by atoms with van der Waals surface area (Å²) in [5.74, 6) is -1.52. The fourth-order valence-electron chi connectivity index (χ4n) is 2.74. The van der Waals surface area contributed by atoms with E-state index in [-0.39, 0.29) is 22.5 Å². The van der Waals surface area contributed by atoms with E-state index in [4.69, 9.17) is 0 Å². The third-order valence-electron chi connectivity index (χ3n) is 3.94. The standard InChI is InChI=1S/C16H11F3N4OS/c17-16(18,19)15-21-11-7-20-6-10(13(11)22-15)14(24)23-4-3-9(8-23)12-2-1-5-25-12/h1-3,5-7H,4,8H2,(H,21,22). The van der Waals surface area contributed by atoms with E-state index >= 15 is 0 Å². The molecule has 1 aliphatic rings. The third-order valence-corrected chi connectivity index (χ3v) is 4.88. The molecule has 0 aliphatic carbocycles. The third kappa shape index (κ3) is 2.80. The van der Waals surface area contributed by atoms with E-state index < -0.39 is 12.0 Å². The fourth-order valence-corrected chi connectivity index (χ4v) is 3.50. The first-order valence-corrected chi connectivity index (χ1v) is 8.24. The van der Waals surface area contributed by atoms with Gasteiger partial charge >= 0.3 is 6.18 Å². The van der Waals surface area contributed by atoms with Crippen LogP contribution in [0.15, 0.2) is 36.0 Å². The van der Waals surface area contributed by atoms with Crippen molar-refractivity contribution >= 4 is 33.9 Å². The molecule has 9 heteroatoms. The van der Waals surface area contributed by atoms with Crippen molar-refractivity contribution in [1.82, 2.24) is 19.9 Å². The van der Waals surface area contributed by atoms with Crippen LogP contribution >= 0.6 is 11.3 Å². The van der Waals surface area contributed by atoms with Crippen molar-refractivity contribution in [3.63, 3.8) is 0 Å². The van der Waals surface area contributed by atoms with Crippen LogP contribution in [0.3, 0.4) is 0 Å². The number of pyridine rings is 1. The summed E-state index contributed by atoms with van der Waals surface area (Å²) in [5.41, 5.74) is 1.16. The summed E-state index contributed by atoms with van der Waals surface area (Å²) >= 11 is 1.58. The average molecular weight is 364 g/mol. The Labute approximate surface area is 143 Å². The van der Waals surface area contributed by atoms with Crippen LogP contribution in [-0.2, 0) is 6.18 Å². The second-order valence-corrected chi connectivity index (χ2v) is 6.51. The number of rotatable bonds is 2. The summed E-state index contributed by atoms with van der Waals surface area (Å²) in [6.07, 6.45) is -0.174. The van der Waals surface area contributed by atoms with E-state index in [0.717, 1.165) is 10.5 Å².